The smallest absolute Gasteiger partial charge is 0.255 e. The predicted octanol–water partition coefficient (Wildman–Crippen LogP) is 1.40. The van der Waals surface area contributed by atoms with E-state index in [4.69, 9.17) is 4.74 Å². The largest absolute Gasteiger partial charge is 0.369 e. The van der Waals surface area contributed by atoms with Gasteiger partial charge in [0.2, 0.25) is 5.95 Å². The lowest BCUT2D eigenvalue weighted by atomic mass is 10.3. The number of ether oxygens (including phenoxy) is 1. The van der Waals surface area contributed by atoms with Crippen LogP contribution in [0, 0.1) is 6.92 Å². The molecule has 0 saturated carbocycles. The number of carbonyl (C=O) groups is 1. The fourth-order valence-electron chi connectivity index (χ4n) is 1.62. The standard InChI is InChI=1S/C12H16N4O2/c1-4-18-9(3)11(17)13-12-15-14-10-7-8(2)5-6-16(10)12/h5-7,9H,4H2,1-3H3,(H,13,15,17). The van der Waals surface area contributed by atoms with Gasteiger partial charge >= 0.3 is 0 Å². The molecule has 0 aliphatic rings. The average Bonchev–Trinajstić information content (AvgIpc) is 2.72. The summed E-state index contributed by atoms with van der Waals surface area (Å²) in [5, 5.41) is 10.6. The molecule has 96 valence electrons. The molecule has 1 amide bonds. The van der Waals surface area contributed by atoms with Crippen molar-refractivity contribution >= 4 is 17.5 Å². The number of aryl methyl sites for hydroxylation is 1. The number of aromatic nitrogens is 3. The Bertz CT molecular complexity index is 564. The van der Waals surface area contributed by atoms with Crippen molar-refractivity contribution in [3.8, 4) is 0 Å². The molecule has 6 heteroatoms. The average molecular weight is 248 g/mol. The van der Waals surface area contributed by atoms with E-state index in [9.17, 15) is 4.79 Å². The quantitative estimate of drug-likeness (QED) is 0.888. The maximum Gasteiger partial charge on any atom is 0.255 e. The second kappa shape index (κ2) is 5.14. The molecule has 1 unspecified atom stereocenters. The number of rotatable bonds is 4. The van der Waals surface area contributed by atoms with Crippen LogP contribution in [-0.4, -0.2) is 33.2 Å². The maximum atomic E-state index is 11.8. The summed E-state index contributed by atoms with van der Waals surface area (Å²) in [6.07, 6.45) is 1.32. The van der Waals surface area contributed by atoms with E-state index >= 15 is 0 Å². The third kappa shape index (κ3) is 2.48. The van der Waals surface area contributed by atoms with Crippen LogP contribution >= 0.6 is 0 Å². The molecule has 0 radical (unpaired) electrons. The molecule has 2 aromatic heterocycles. The second-order valence-electron chi connectivity index (χ2n) is 4.04. The summed E-state index contributed by atoms with van der Waals surface area (Å²) in [7, 11) is 0. The lowest BCUT2D eigenvalue weighted by Gasteiger charge is -2.10. The zero-order valence-corrected chi connectivity index (χ0v) is 10.7. The van der Waals surface area contributed by atoms with E-state index < -0.39 is 6.10 Å². The Morgan fingerprint density at radius 1 is 1.56 bits per heavy atom. The predicted molar refractivity (Wildman–Crippen MR) is 67.4 cm³/mol. The van der Waals surface area contributed by atoms with Crippen molar-refractivity contribution in [3.63, 3.8) is 0 Å². The molecule has 2 aromatic rings. The Morgan fingerprint density at radius 2 is 2.33 bits per heavy atom. The van der Waals surface area contributed by atoms with Gasteiger partial charge in [0.25, 0.3) is 5.91 Å². The molecule has 0 fully saturated rings. The van der Waals surface area contributed by atoms with E-state index in [0.717, 1.165) is 5.56 Å². The first-order valence-electron chi connectivity index (χ1n) is 5.85. The van der Waals surface area contributed by atoms with Gasteiger partial charge in [-0.25, -0.2) is 0 Å². The first kappa shape index (κ1) is 12.5. The topological polar surface area (TPSA) is 68.5 Å². The van der Waals surface area contributed by atoms with Crippen LogP contribution in [-0.2, 0) is 9.53 Å². The molecule has 0 spiro atoms. The van der Waals surface area contributed by atoms with Crippen molar-refractivity contribution in [3.05, 3.63) is 23.9 Å². The Morgan fingerprint density at radius 3 is 3.06 bits per heavy atom. The normalized spacial score (nSPS) is 12.6. The van der Waals surface area contributed by atoms with Gasteiger partial charge in [0.05, 0.1) is 0 Å². The van der Waals surface area contributed by atoms with E-state index in [1.807, 2.05) is 32.2 Å². The summed E-state index contributed by atoms with van der Waals surface area (Å²) in [4.78, 5) is 11.8. The molecule has 2 rings (SSSR count). The molecule has 2 heterocycles. The summed E-state index contributed by atoms with van der Waals surface area (Å²) in [6, 6.07) is 3.83. The van der Waals surface area contributed by atoms with Crippen LogP contribution in [0.5, 0.6) is 0 Å². The number of hydrogen-bond acceptors (Lipinski definition) is 4. The number of amides is 1. The first-order valence-corrected chi connectivity index (χ1v) is 5.85. The van der Waals surface area contributed by atoms with Crippen LogP contribution in [0.15, 0.2) is 18.3 Å². The van der Waals surface area contributed by atoms with Gasteiger partial charge in [-0.05, 0) is 38.5 Å². The molecule has 1 atom stereocenters. The monoisotopic (exact) mass is 248 g/mol. The van der Waals surface area contributed by atoms with Crippen LogP contribution in [0.1, 0.15) is 19.4 Å². The van der Waals surface area contributed by atoms with Crippen molar-refractivity contribution < 1.29 is 9.53 Å². The van der Waals surface area contributed by atoms with Crippen molar-refractivity contribution in [2.75, 3.05) is 11.9 Å². The summed E-state index contributed by atoms with van der Waals surface area (Å²) >= 11 is 0. The van der Waals surface area contributed by atoms with Gasteiger partial charge in [0.15, 0.2) is 5.65 Å². The van der Waals surface area contributed by atoms with Gasteiger partial charge in [-0.15, -0.1) is 10.2 Å². The van der Waals surface area contributed by atoms with Crippen molar-refractivity contribution in [1.82, 2.24) is 14.6 Å². The molecule has 0 saturated heterocycles. The SMILES string of the molecule is CCOC(C)C(=O)Nc1nnc2cc(C)ccn12. The number of anilines is 1. The zero-order chi connectivity index (χ0) is 13.1. The van der Waals surface area contributed by atoms with Crippen molar-refractivity contribution in [2.24, 2.45) is 0 Å². The van der Waals surface area contributed by atoms with Gasteiger partial charge in [0.1, 0.15) is 6.10 Å². The number of hydrogen-bond donors (Lipinski definition) is 1. The highest BCUT2D eigenvalue weighted by Gasteiger charge is 2.15. The number of carbonyl (C=O) groups excluding carboxylic acids is 1. The van der Waals surface area contributed by atoms with E-state index in [1.165, 1.54) is 0 Å². The minimum absolute atomic E-state index is 0.230. The van der Waals surface area contributed by atoms with Crippen LogP contribution < -0.4 is 5.32 Å². The second-order valence-corrected chi connectivity index (χ2v) is 4.04. The fourth-order valence-corrected chi connectivity index (χ4v) is 1.62. The Labute approximate surface area is 105 Å². The highest BCUT2D eigenvalue weighted by Crippen LogP contribution is 2.10. The van der Waals surface area contributed by atoms with Crippen molar-refractivity contribution in [2.45, 2.75) is 26.9 Å². The third-order valence-electron chi connectivity index (χ3n) is 2.59. The van der Waals surface area contributed by atoms with E-state index in [1.54, 1.807) is 11.3 Å². The molecular weight excluding hydrogens is 232 g/mol. The van der Waals surface area contributed by atoms with Crippen molar-refractivity contribution in [1.29, 1.82) is 0 Å². The number of fused-ring (bicyclic) bond motifs is 1. The maximum absolute atomic E-state index is 11.8. The molecule has 1 N–H and O–H groups in total. The molecular formula is C12H16N4O2. The van der Waals surface area contributed by atoms with E-state index in [2.05, 4.69) is 15.5 Å². The summed E-state index contributed by atoms with van der Waals surface area (Å²) in [5.74, 6) is 0.174. The first-order chi connectivity index (χ1) is 8.61. The van der Waals surface area contributed by atoms with Gasteiger partial charge in [-0.1, -0.05) is 0 Å². The van der Waals surface area contributed by atoms with E-state index in [-0.39, 0.29) is 5.91 Å². The van der Waals surface area contributed by atoms with Gasteiger partial charge in [-0.3, -0.25) is 14.5 Å². The molecule has 18 heavy (non-hydrogen) atoms. The molecule has 6 nitrogen and oxygen atoms in total. The number of nitrogens with one attached hydrogen (secondary N) is 1. The summed E-state index contributed by atoms with van der Waals surface area (Å²) in [6.45, 7) is 6.02. The lowest BCUT2D eigenvalue weighted by molar-refractivity contribution is -0.126. The van der Waals surface area contributed by atoms with Gasteiger partial charge in [0, 0.05) is 12.8 Å². The molecule has 0 aromatic carbocycles. The highest BCUT2D eigenvalue weighted by atomic mass is 16.5. The van der Waals surface area contributed by atoms with Crippen LogP contribution in [0.2, 0.25) is 0 Å². The molecule has 0 bridgehead atoms. The summed E-state index contributed by atoms with van der Waals surface area (Å²) in [5.41, 5.74) is 1.80. The van der Waals surface area contributed by atoms with Gasteiger partial charge in [-0.2, -0.15) is 0 Å². The van der Waals surface area contributed by atoms with Crippen LogP contribution in [0.3, 0.4) is 0 Å². The Balaban J connectivity index is 2.19. The minimum atomic E-state index is -0.507. The fraction of sp³-hybridized carbons (Fsp3) is 0.417. The van der Waals surface area contributed by atoms with E-state index in [0.29, 0.717) is 18.2 Å². The zero-order valence-electron chi connectivity index (χ0n) is 10.7. The summed E-state index contributed by atoms with van der Waals surface area (Å²) < 4.78 is 6.94. The van der Waals surface area contributed by atoms with Crippen LogP contribution in [0.4, 0.5) is 5.95 Å². The minimum Gasteiger partial charge on any atom is -0.369 e. The molecule has 0 aliphatic carbocycles. The lowest BCUT2D eigenvalue weighted by Crippen LogP contribution is -2.28. The highest BCUT2D eigenvalue weighted by molar-refractivity contribution is 5.92. The third-order valence-corrected chi connectivity index (χ3v) is 2.59. The molecule has 0 aliphatic heterocycles. The number of nitrogens with zero attached hydrogens (tertiary/aromatic N) is 3. The Kier molecular flexibility index (Phi) is 3.57. The Hall–Kier alpha value is -1.95. The van der Waals surface area contributed by atoms with Crippen LogP contribution in [0.25, 0.3) is 5.65 Å². The number of pyridine rings is 1. The van der Waals surface area contributed by atoms with Gasteiger partial charge < -0.3 is 4.74 Å².